The predicted octanol–water partition coefficient (Wildman–Crippen LogP) is 3.43. The van der Waals surface area contributed by atoms with Crippen LogP contribution in [0.4, 0.5) is 15.8 Å². The number of anilines is 2. The molecule has 0 aliphatic rings. The predicted molar refractivity (Wildman–Crippen MR) is 79.5 cm³/mol. The first-order valence-corrected chi connectivity index (χ1v) is 6.50. The summed E-state index contributed by atoms with van der Waals surface area (Å²) in [5.41, 5.74) is 6.20. The minimum atomic E-state index is -0.634. The second kappa shape index (κ2) is 5.92. The largest absolute Gasteiger partial charge is 0.495 e. The molecule has 0 heterocycles. The smallest absolute Gasteiger partial charge is 0.258 e. The van der Waals surface area contributed by atoms with Crippen molar-refractivity contribution in [3.05, 3.63) is 52.3 Å². The van der Waals surface area contributed by atoms with E-state index in [0.29, 0.717) is 17.1 Å². The quantitative estimate of drug-likeness (QED) is 0.842. The second-order valence-electron chi connectivity index (χ2n) is 4.04. The lowest BCUT2D eigenvalue weighted by Gasteiger charge is -2.11. The number of carbonyl (C=O) groups is 1. The number of nitrogen functional groups attached to an aromatic ring is 1. The molecule has 3 N–H and O–H groups in total. The molecule has 0 saturated heterocycles. The van der Waals surface area contributed by atoms with E-state index in [-0.39, 0.29) is 5.56 Å². The highest BCUT2D eigenvalue weighted by molar-refractivity contribution is 9.10. The molecule has 0 atom stereocenters. The van der Waals surface area contributed by atoms with Gasteiger partial charge in [-0.2, -0.15) is 0 Å². The lowest BCUT2D eigenvalue weighted by Crippen LogP contribution is -2.14. The fraction of sp³-hybridized carbons (Fsp3) is 0.0714. The third-order valence-electron chi connectivity index (χ3n) is 2.64. The number of hydrogen-bond donors (Lipinski definition) is 2. The van der Waals surface area contributed by atoms with Crippen LogP contribution in [0.2, 0.25) is 0 Å². The number of rotatable bonds is 3. The molecular weight excluding hydrogens is 327 g/mol. The number of nitrogens with one attached hydrogen (secondary N) is 1. The summed E-state index contributed by atoms with van der Waals surface area (Å²) in [5, 5.41) is 2.60. The summed E-state index contributed by atoms with van der Waals surface area (Å²) < 4.78 is 19.5. The molecule has 0 aliphatic carbocycles. The first kappa shape index (κ1) is 14.3. The first-order chi connectivity index (χ1) is 9.51. The van der Waals surface area contributed by atoms with Crippen LogP contribution in [0.25, 0.3) is 0 Å². The molecule has 0 aromatic heterocycles. The molecule has 6 heteroatoms. The second-order valence-corrected chi connectivity index (χ2v) is 4.95. The molecule has 4 nitrogen and oxygen atoms in total. The third kappa shape index (κ3) is 3.08. The molecule has 0 radical (unpaired) electrons. The summed E-state index contributed by atoms with van der Waals surface area (Å²) in [6.45, 7) is 0. The van der Waals surface area contributed by atoms with Crippen LogP contribution >= 0.6 is 15.9 Å². The van der Waals surface area contributed by atoms with Gasteiger partial charge in [0.25, 0.3) is 5.91 Å². The summed E-state index contributed by atoms with van der Waals surface area (Å²) in [6.07, 6.45) is 0. The van der Waals surface area contributed by atoms with Gasteiger partial charge in [-0.3, -0.25) is 4.79 Å². The zero-order valence-electron chi connectivity index (χ0n) is 10.6. The van der Waals surface area contributed by atoms with Gasteiger partial charge in [0.15, 0.2) is 0 Å². The molecule has 20 heavy (non-hydrogen) atoms. The van der Waals surface area contributed by atoms with Gasteiger partial charge in [-0.1, -0.05) is 15.9 Å². The van der Waals surface area contributed by atoms with Crippen molar-refractivity contribution in [3.63, 3.8) is 0 Å². The molecule has 0 spiro atoms. The topological polar surface area (TPSA) is 64.3 Å². The molecule has 2 aromatic rings. The Kier molecular flexibility index (Phi) is 4.24. The van der Waals surface area contributed by atoms with E-state index in [1.807, 2.05) is 0 Å². The average molecular weight is 339 g/mol. The Bertz CT molecular complexity index is 662. The van der Waals surface area contributed by atoms with Crippen LogP contribution in [0.1, 0.15) is 10.4 Å². The third-order valence-corrected chi connectivity index (χ3v) is 3.14. The summed E-state index contributed by atoms with van der Waals surface area (Å²) >= 11 is 3.30. The normalized spacial score (nSPS) is 10.2. The molecule has 2 rings (SSSR count). The Hall–Kier alpha value is -2.08. The van der Waals surface area contributed by atoms with Crippen LogP contribution in [-0.4, -0.2) is 13.0 Å². The highest BCUT2D eigenvalue weighted by Crippen LogP contribution is 2.28. The van der Waals surface area contributed by atoms with Gasteiger partial charge in [0.2, 0.25) is 0 Å². The maximum atomic E-state index is 13.6. The van der Waals surface area contributed by atoms with Gasteiger partial charge in [0, 0.05) is 10.2 Å². The van der Waals surface area contributed by atoms with Gasteiger partial charge in [0.1, 0.15) is 11.6 Å². The van der Waals surface area contributed by atoms with Gasteiger partial charge in [0.05, 0.1) is 18.4 Å². The maximum Gasteiger partial charge on any atom is 0.258 e. The number of amides is 1. The van der Waals surface area contributed by atoms with Crippen LogP contribution < -0.4 is 15.8 Å². The molecule has 0 aliphatic heterocycles. The van der Waals surface area contributed by atoms with Crippen LogP contribution in [0, 0.1) is 5.82 Å². The van der Waals surface area contributed by atoms with E-state index in [4.69, 9.17) is 10.5 Å². The van der Waals surface area contributed by atoms with Crippen molar-refractivity contribution in [2.75, 3.05) is 18.2 Å². The van der Waals surface area contributed by atoms with Gasteiger partial charge < -0.3 is 15.8 Å². The number of hydrogen-bond acceptors (Lipinski definition) is 3. The van der Waals surface area contributed by atoms with Crippen molar-refractivity contribution in [1.82, 2.24) is 0 Å². The molecule has 1 amide bonds. The summed E-state index contributed by atoms with van der Waals surface area (Å²) in [4.78, 5) is 12.1. The number of carbonyl (C=O) groups excluding carboxylic acids is 1. The van der Waals surface area contributed by atoms with Crippen molar-refractivity contribution in [2.45, 2.75) is 0 Å². The van der Waals surface area contributed by atoms with E-state index < -0.39 is 11.7 Å². The SMILES string of the molecule is COc1ccc(Br)cc1NC(=O)c1cc(N)ccc1F. The van der Waals surface area contributed by atoms with Crippen molar-refractivity contribution >= 4 is 33.2 Å². The molecule has 104 valence electrons. The molecule has 0 bridgehead atoms. The zero-order valence-corrected chi connectivity index (χ0v) is 12.2. The van der Waals surface area contributed by atoms with E-state index in [0.717, 1.165) is 10.5 Å². The Morgan fingerprint density at radius 2 is 2.05 bits per heavy atom. The van der Waals surface area contributed by atoms with Gasteiger partial charge >= 0.3 is 0 Å². The summed E-state index contributed by atoms with van der Waals surface area (Å²) in [5.74, 6) is -0.747. The molecule has 2 aromatic carbocycles. The van der Waals surface area contributed by atoms with E-state index in [1.54, 1.807) is 18.2 Å². The highest BCUT2D eigenvalue weighted by atomic mass is 79.9. The van der Waals surface area contributed by atoms with Crippen LogP contribution in [0.5, 0.6) is 5.75 Å². The number of benzene rings is 2. The number of ether oxygens (including phenoxy) is 1. The number of halogens is 2. The Labute approximate surface area is 123 Å². The first-order valence-electron chi connectivity index (χ1n) is 5.71. The minimum Gasteiger partial charge on any atom is -0.495 e. The zero-order chi connectivity index (χ0) is 14.7. The maximum absolute atomic E-state index is 13.6. The van der Waals surface area contributed by atoms with Crippen molar-refractivity contribution in [3.8, 4) is 5.75 Å². The van der Waals surface area contributed by atoms with E-state index >= 15 is 0 Å². The number of nitrogens with two attached hydrogens (primary N) is 1. The lowest BCUT2D eigenvalue weighted by atomic mass is 10.1. The average Bonchev–Trinajstić information content (AvgIpc) is 2.41. The van der Waals surface area contributed by atoms with Crippen molar-refractivity contribution < 1.29 is 13.9 Å². The monoisotopic (exact) mass is 338 g/mol. The molecule has 0 unspecified atom stereocenters. The Balaban J connectivity index is 2.32. The van der Waals surface area contributed by atoms with Crippen molar-refractivity contribution in [2.24, 2.45) is 0 Å². The Morgan fingerprint density at radius 1 is 1.30 bits per heavy atom. The van der Waals surface area contributed by atoms with Crippen molar-refractivity contribution in [1.29, 1.82) is 0 Å². The summed E-state index contributed by atoms with van der Waals surface area (Å²) in [7, 11) is 1.49. The Morgan fingerprint density at radius 3 is 2.75 bits per heavy atom. The van der Waals surface area contributed by atoms with Crippen LogP contribution in [0.15, 0.2) is 40.9 Å². The molecular formula is C14H12BrFN2O2. The van der Waals surface area contributed by atoms with Crippen LogP contribution in [-0.2, 0) is 0 Å². The lowest BCUT2D eigenvalue weighted by molar-refractivity contribution is 0.102. The fourth-order valence-electron chi connectivity index (χ4n) is 1.68. The van der Waals surface area contributed by atoms with E-state index in [2.05, 4.69) is 21.2 Å². The van der Waals surface area contributed by atoms with Gasteiger partial charge in [-0.25, -0.2) is 4.39 Å². The van der Waals surface area contributed by atoms with E-state index in [9.17, 15) is 9.18 Å². The molecule has 0 saturated carbocycles. The minimum absolute atomic E-state index is 0.118. The summed E-state index contributed by atoms with van der Waals surface area (Å²) in [6, 6.07) is 8.97. The van der Waals surface area contributed by atoms with Crippen LogP contribution in [0.3, 0.4) is 0 Å². The van der Waals surface area contributed by atoms with Gasteiger partial charge in [-0.05, 0) is 36.4 Å². The fourth-order valence-corrected chi connectivity index (χ4v) is 2.05. The number of methoxy groups -OCH3 is 1. The van der Waals surface area contributed by atoms with E-state index in [1.165, 1.54) is 19.2 Å². The van der Waals surface area contributed by atoms with Gasteiger partial charge in [-0.15, -0.1) is 0 Å². The highest BCUT2D eigenvalue weighted by Gasteiger charge is 2.14. The molecule has 0 fully saturated rings. The standard InChI is InChI=1S/C14H12BrFN2O2/c1-20-13-5-2-8(15)6-12(13)18-14(19)10-7-9(17)3-4-11(10)16/h2-7H,17H2,1H3,(H,18,19).